The maximum atomic E-state index is 12.1. The molecule has 5 heteroatoms. The lowest BCUT2D eigenvalue weighted by atomic mass is 10.1. The van der Waals surface area contributed by atoms with Crippen LogP contribution in [0.4, 0.5) is 0 Å². The third-order valence-corrected chi connectivity index (χ3v) is 3.76. The number of carbonyl (C=O) groups is 2. The SMILES string of the molecule is CC(C)N1CCN(C(=O)C#CC(C)(C)N(C)C)CC1=O. The van der Waals surface area contributed by atoms with Gasteiger partial charge in [0.1, 0.15) is 6.54 Å². The van der Waals surface area contributed by atoms with Crippen molar-refractivity contribution in [3.63, 3.8) is 0 Å². The molecule has 0 bridgehead atoms. The predicted octanol–water partition coefficient (Wildman–Crippen LogP) is 0.409. The van der Waals surface area contributed by atoms with Crippen LogP contribution in [0.1, 0.15) is 27.7 Å². The molecule has 0 spiro atoms. The molecular weight excluding hydrogens is 254 g/mol. The minimum atomic E-state index is -0.362. The van der Waals surface area contributed by atoms with Crippen LogP contribution in [0.3, 0.4) is 0 Å². The Kier molecular flexibility index (Phi) is 5.18. The molecule has 2 amide bonds. The van der Waals surface area contributed by atoms with Gasteiger partial charge in [0.05, 0.1) is 5.54 Å². The molecular formula is C15H25N3O2. The fourth-order valence-corrected chi connectivity index (χ4v) is 1.80. The van der Waals surface area contributed by atoms with Gasteiger partial charge in [0.25, 0.3) is 5.91 Å². The fourth-order valence-electron chi connectivity index (χ4n) is 1.80. The third-order valence-electron chi connectivity index (χ3n) is 3.76. The first-order chi connectivity index (χ1) is 9.15. The number of hydrogen-bond donors (Lipinski definition) is 0. The van der Waals surface area contributed by atoms with E-state index >= 15 is 0 Å². The second kappa shape index (κ2) is 6.27. The molecule has 1 aliphatic heterocycles. The minimum absolute atomic E-state index is 0.00623. The average molecular weight is 279 g/mol. The first kappa shape index (κ1) is 16.5. The zero-order valence-electron chi connectivity index (χ0n) is 13.4. The maximum absolute atomic E-state index is 12.1. The Morgan fingerprint density at radius 2 is 1.90 bits per heavy atom. The highest BCUT2D eigenvalue weighted by Crippen LogP contribution is 2.09. The summed E-state index contributed by atoms with van der Waals surface area (Å²) in [5.74, 6) is 5.35. The summed E-state index contributed by atoms with van der Waals surface area (Å²) in [4.78, 5) is 29.3. The van der Waals surface area contributed by atoms with E-state index in [4.69, 9.17) is 0 Å². The summed E-state index contributed by atoms with van der Waals surface area (Å²) in [6.07, 6.45) is 0. The van der Waals surface area contributed by atoms with Crippen LogP contribution in [-0.4, -0.2) is 71.8 Å². The summed E-state index contributed by atoms with van der Waals surface area (Å²) in [7, 11) is 3.84. The van der Waals surface area contributed by atoms with Crippen molar-refractivity contribution in [2.24, 2.45) is 0 Å². The number of amides is 2. The highest BCUT2D eigenvalue weighted by molar-refractivity contribution is 5.96. The highest BCUT2D eigenvalue weighted by Gasteiger charge is 2.28. The summed E-state index contributed by atoms with van der Waals surface area (Å²) in [5.41, 5.74) is -0.362. The van der Waals surface area contributed by atoms with Crippen molar-refractivity contribution >= 4 is 11.8 Å². The van der Waals surface area contributed by atoms with E-state index in [1.54, 1.807) is 4.90 Å². The van der Waals surface area contributed by atoms with Crippen molar-refractivity contribution in [2.45, 2.75) is 39.3 Å². The summed E-state index contributed by atoms with van der Waals surface area (Å²) >= 11 is 0. The number of piperazine rings is 1. The van der Waals surface area contributed by atoms with E-state index < -0.39 is 0 Å². The van der Waals surface area contributed by atoms with Crippen molar-refractivity contribution in [3.05, 3.63) is 0 Å². The highest BCUT2D eigenvalue weighted by atomic mass is 16.2. The number of rotatable bonds is 2. The number of hydrogen-bond acceptors (Lipinski definition) is 3. The molecule has 1 fully saturated rings. The molecule has 0 aromatic heterocycles. The lowest BCUT2D eigenvalue weighted by molar-refractivity contribution is -0.144. The molecule has 0 aromatic rings. The van der Waals surface area contributed by atoms with Gasteiger partial charge in [-0.3, -0.25) is 14.5 Å². The Hall–Kier alpha value is -1.54. The second-order valence-corrected chi connectivity index (χ2v) is 6.11. The zero-order chi connectivity index (χ0) is 15.5. The topological polar surface area (TPSA) is 43.9 Å². The first-order valence-corrected chi connectivity index (χ1v) is 6.94. The van der Waals surface area contributed by atoms with Gasteiger partial charge in [0, 0.05) is 19.1 Å². The Labute approximate surface area is 121 Å². The van der Waals surface area contributed by atoms with Crippen LogP contribution < -0.4 is 0 Å². The molecule has 0 N–H and O–H groups in total. The molecule has 20 heavy (non-hydrogen) atoms. The normalized spacial score (nSPS) is 16.5. The Balaban J connectivity index is 2.68. The van der Waals surface area contributed by atoms with Gasteiger partial charge in [-0.15, -0.1) is 0 Å². The lowest BCUT2D eigenvalue weighted by Gasteiger charge is -2.35. The molecule has 1 saturated heterocycles. The van der Waals surface area contributed by atoms with Crippen molar-refractivity contribution in [3.8, 4) is 11.8 Å². The van der Waals surface area contributed by atoms with E-state index in [1.165, 1.54) is 4.90 Å². The summed E-state index contributed by atoms with van der Waals surface area (Å²) in [5, 5.41) is 0. The van der Waals surface area contributed by atoms with E-state index in [-0.39, 0.29) is 29.9 Å². The molecule has 1 rings (SSSR count). The van der Waals surface area contributed by atoms with E-state index in [0.717, 1.165) is 0 Å². The third kappa shape index (κ3) is 3.97. The first-order valence-electron chi connectivity index (χ1n) is 6.94. The van der Waals surface area contributed by atoms with Crippen molar-refractivity contribution in [1.29, 1.82) is 0 Å². The lowest BCUT2D eigenvalue weighted by Crippen LogP contribution is -2.54. The summed E-state index contributed by atoms with van der Waals surface area (Å²) in [6.45, 7) is 9.14. The van der Waals surface area contributed by atoms with Gasteiger partial charge in [-0.2, -0.15) is 0 Å². The van der Waals surface area contributed by atoms with E-state index in [1.807, 2.05) is 46.7 Å². The van der Waals surface area contributed by atoms with Crippen LogP contribution in [-0.2, 0) is 9.59 Å². The van der Waals surface area contributed by atoms with E-state index in [2.05, 4.69) is 11.8 Å². The molecule has 112 valence electrons. The molecule has 0 saturated carbocycles. The smallest absolute Gasteiger partial charge is 0.299 e. The Bertz CT molecular complexity index is 444. The molecule has 1 aliphatic rings. The molecule has 0 radical (unpaired) electrons. The van der Waals surface area contributed by atoms with Gasteiger partial charge < -0.3 is 9.80 Å². The van der Waals surface area contributed by atoms with Crippen molar-refractivity contribution in [2.75, 3.05) is 33.7 Å². The Morgan fingerprint density at radius 1 is 1.30 bits per heavy atom. The number of carbonyl (C=O) groups excluding carboxylic acids is 2. The molecule has 0 aliphatic carbocycles. The Morgan fingerprint density at radius 3 is 2.35 bits per heavy atom. The van der Waals surface area contributed by atoms with Crippen LogP contribution >= 0.6 is 0 Å². The fraction of sp³-hybridized carbons (Fsp3) is 0.733. The van der Waals surface area contributed by atoms with Crippen LogP contribution in [0.2, 0.25) is 0 Å². The van der Waals surface area contributed by atoms with Gasteiger partial charge in [0.2, 0.25) is 5.91 Å². The molecule has 0 aromatic carbocycles. The standard InChI is InChI=1S/C15H25N3O2/c1-12(2)18-10-9-17(11-14(18)20)13(19)7-8-15(3,4)16(5)6/h12H,9-11H2,1-6H3. The number of nitrogens with zero attached hydrogens (tertiary/aromatic N) is 3. The maximum Gasteiger partial charge on any atom is 0.299 e. The van der Waals surface area contributed by atoms with Crippen molar-refractivity contribution in [1.82, 2.24) is 14.7 Å². The second-order valence-electron chi connectivity index (χ2n) is 6.11. The largest absolute Gasteiger partial charge is 0.337 e. The van der Waals surface area contributed by atoms with Gasteiger partial charge in [-0.25, -0.2) is 0 Å². The van der Waals surface area contributed by atoms with Crippen LogP contribution in [0, 0.1) is 11.8 Å². The van der Waals surface area contributed by atoms with Crippen LogP contribution in [0.15, 0.2) is 0 Å². The molecule has 0 unspecified atom stereocenters. The monoisotopic (exact) mass is 279 g/mol. The van der Waals surface area contributed by atoms with Crippen LogP contribution in [0.25, 0.3) is 0 Å². The van der Waals surface area contributed by atoms with Gasteiger partial charge in [-0.1, -0.05) is 5.92 Å². The zero-order valence-corrected chi connectivity index (χ0v) is 13.4. The van der Waals surface area contributed by atoms with Gasteiger partial charge in [0.15, 0.2) is 0 Å². The van der Waals surface area contributed by atoms with Gasteiger partial charge in [-0.05, 0) is 47.7 Å². The van der Waals surface area contributed by atoms with E-state index in [0.29, 0.717) is 13.1 Å². The average Bonchev–Trinajstić information content (AvgIpc) is 2.35. The van der Waals surface area contributed by atoms with Crippen molar-refractivity contribution < 1.29 is 9.59 Å². The molecule has 1 heterocycles. The summed E-state index contributed by atoms with van der Waals surface area (Å²) < 4.78 is 0. The minimum Gasteiger partial charge on any atom is -0.337 e. The summed E-state index contributed by atoms with van der Waals surface area (Å²) in [6, 6.07) is 0.179. The van der Waals surface area contributed by atoms with E-state index in [9.17, 15) is 9.59 Å². The molecule has 0 atom stereocenters. The quantitative estimate of drug-likeness (QED) is 0.688. The van der Waals surface area contributed by atoms with Gasteiger partial charge >= 0.3 is 0 Å². The molecule has 5 nitrogen and oxygen atoms in total. The van der Waals surface area contributed by atoms with Crippen LogP contribution in [0.5, 0.6) is 0 Å². The predicted molar refractivity (Wildman–Crippen MR) is 79.0 cm³/mol.